The van der Waals surface area contributed by atoms with Gasteiger partial charge in [0.2, 0.25) is 0 Å². The molecule has 4 rings (SSSR count). The highest BCUT2D eigenvalue weighted by atomic mass is 35.5. The van der Waals surface area contributed by atoms with Crippen LogP contribution in [0, 0.1) is 6.92 Å². The average Bonchev–Trinajstić information content (AvgIpc) is 3.23. The summed E-state index contributed by atoms with van der Waals surface area (Å²) in [7, 11) is 1.60. The van der Waals surface area contributed by atoms with E-state index in [0.29, 0.717) is 35.1 Å². The van der Waals surface area contributed by atoms with Crippen LogP contribution in [-0.2, 0) is 11.3 Å². The van der Waals surface area contributed by atoms with Gasteiger partial charge in [-0.15, -0.1) is 0 Å². The Bertz CT molecular complexity index is 1260. The number of benzene rings is 2. The molecule has 0 aliphatic heterocycles. The van der Waals surface area contributed by atoms with E-state index in [1.165, 1.54) is 0 Å². The number of halogens is 1. The number of aromatic nitrogens is 3. The molecule has 0 atom stereocenters. The number of amides is 1. The number of H-pyrrole nitrogens is 1. The number of aryl methyl sites for hydroxylation is 1. The van der Waals surface area contributed by atoms with Crippen LogP contribution in [0.3, 0.4) is 0 Å². The fraction of sp³-hybridized carbons (Fsp3) is 0.208. The van der Waals surface area contributed by atoms with Crippen LogP contribution in [0.25, 0.3) is 22.2 Å². The van der Waals surface area contributed by atoms with Gasteiger partial charge in [0.25, 0.3) is 5.91 Å². The number of aromatic amines is 1. The molecule has 0 spiro atoms. The van der Waals surface area contributed by atoms with E-state index in [1.807, 2.05) is 49.4 Å². The zero-order valence-corrected chi connectivity index (χ0v) is 18.6. The molecule has 4 aromatic rings. The molecule has 2 aromatic carbocycles. The Morgan fingerprint density at radius 3 is 2.91 bits per heavy atom. The Hall–Kier alpha value is -3.42. The van der Waals surface area contributed by atoms with Crippen molar-refractivity contribution in [2.45, 2.75) is 13.5 Å². The van der Waals surface area contributed by atoms with Crippen molar-refractivity contribution in [2.75, 3.05) is 20.3 Å². The van der Waals surface area contributed by atoms with Crippen LogP contribution in [0.2, 0.25) is 5.02 Å². The summed E-state index contributed by atoms with van der Waals surface area (Å²) in [5.74, 6) is 0.497. The fourth-order valence-corrected chi connectivity index (χ4v) is 3.52. The van der Waals surface area contributed by atoms with Gasteiger partial charge in [0.05, 0.1) is 12.3 Å². The van der Waals surface area contributed by atoms with Crippen molar-refractivity contribution in [2.24, 2.45) is 0 Å². The zero-order valence-electron chi connectivity index (χ0n) is 17.8. The molecule has 2 heterocycles. The molecule has 2 N–H and O–H groups in total. The van der Waals surface area contributed by atoms with Gasteiger partial charge in [-0.25, -0.2) is 4.98 Å². The number of ether oxygens (including phenoxy) is 2. The first kappa shape index (κ1) is 21.8. The molecule has 0 saturated carbocycles. The number of nitrogens with one attached hydrogen (secondary N) is 2. The van der Waals surface area contributed by atoms with Gasteiger partial charge < -0.3 is 14.8 Å². The Kier molecular flexibility index (Phi) is 6.68. The summed E-state index contributed by atoms with van der Waals surface area (Å²) in [5, 5.41) is 11.6. The van der Waals surface area contributed by atoms with Gasteiger partial charge in [-0.1, -0.05) is 23.7 Å². The van der Waals surface area contributed by atoms with Crippen molar-refractivity contribution in [3.8, 4) is 16.9 Å². The molecule has 7 nitrogen and oxygen atoms in total. The third kappa shape index (κ3) is 4.74. The largest absolute Gasteiger partial charge is 0.487 e. The molecule has 0 aliphatic rings. The van der Waals surface area contributed by atoms with E-state index < -0.39 is 0 Å². The third-order valence-electron chi connectivity index (χ3n) is 5.07. The number of nitrogens with zero attached hydrogens (tertiary/aromatic N) is 2. The molecule has 1 amide bonds. The second-order valence-corrected chi connectivity index (χ2v) is 7.70. The van der Waals surface area contributed by atoms with Crippen molar-refractivity contribution >= 4 is 28.5 Å². The molecular weight excluding hydrogens is 428 g/mol. The van der Waals surface area contributed by atoms with Gasteiger partial charge in [-0.2, -0.15) is 5.10 Å². The summed E-state index contributed by atoms with van der Waals surface area (Å²) in [6.45, 7) is 3.10. The Morgan fingerprint density at radius 2 is 2.06 bits per heavy atom. The Morgan fingerprint density at radius 1 is 1.19 bits per heavy atom. The first-order chi connectivity index (χ1) is 15.6. The maximum absolute atomic E-state index is 12.5. The van der Waals surface area contributed by atoms with Crippen LogP contribution < -0.4 is 10.1 Å². The van der Waals surface area contributed by atoms with Crippen molar-refractivity contribution in [1.82, 2.24) is 20.5 Å². The summed E-state index contributed by atoms with van der Waals surface area (Å²) in [5.41, 5.74) is 4.55. The normalized spacial score (nSPS) is 11.0. The number of rotatable bonds is 8. The lowest BCUT2D eigenvalue weighted by molar-refractivity contribution is 0.0937. The van der Waals surface area contributed by atoms with E-state index >= 15 is 0 Å². The van der Waals surface area contributed by atoms with E-state index in [1.54, 1.807) is 19.4 Å². The van der Waals surface area contributed by atoms with Gasteiger partial charge in [0.15, 0.2) is 5.65 Å². The molecule has 0 unspecified atom stereocenters. The maximum Gasteiger partial charge on any atom is 0.251 e. The Balaban J connectivity index is 1.62. The molecule has 0 aliphatic carbocycles. The number of carbonyl (C=O) groups excluding carboxylic acids is 1. The van der Waals surface area contributed by atoms with Crippen molar-refractivity contribution < 1.29 is 14.3 Å². The van der Waals surface area contributed by atoms with Gasteiger partial charge in [-0.3, -0.25) is 9.89 Å². The number of carbonyl (C=O) groups is 1. The van der Waals surface area contributed by atoms with Gasteiger partial charge in [-0.05, 0) is 54.4 Å². The zero-order chi connectivity index (χ0) is 22.5. The van der Waals surface area contributed by atoms with Crippen LogP contribution in [0.15, 0.2) is 54.7 Å². The first-order valence-electron chi connectivity index (χ1n) is 10.2. The number of fused-ring (bicyclic) bond motifs is 1. The summed E-state index contributed by atoms with van der Waals surface area (Å²) in [6, 6.07) is 14.9. The van der Waals surface area contributed by atoms with Crippen molar-refractivity contribution in [3.05, 3.63) is 76.6 Å². The average molecular weight is 451 g/mol. The second kappa shape index (κ2) is 9.80. The second-order valence-electron chi connectivity index (χ2n) is 7.29. The molecule has 2 aromatic heterocycles. The molecule has 32 heavy (non-hydrogen) atoms. The molecule has 0 bridgehead atoms. The molecule has 8 heteroatoms. The monoisotopic (exact) mass is 450 g/mol. The highest BCUT2D eigenvalue weighted by Crippen LogP contribution is 2.36. The standard InChI is InChI=1S/C24H23ClN4O3/c1-15-11-22(32-14-21-18-7-4-8-26-23(18)29-28-21)19(13-20(15)25)16-5-3-6-17(12-16)24(30)27-9-10-31-2/h3-8,11-13H,9-10,14H2,1-2H3,(H,27,30)(H,26,28,29). The van der Waals surface area contributed by atoms with E-state index in [9.17, 15) is 4.79 Å². The lowest BCUT2D eigenvalue weighted by Crippen LogP contribution is -2.26. The minimum absolute atomic E-state index is 0.166. The predicted octanol–water partition coefficient (Wildman–Crippen LogP) is 4.54. The smallest absolute Gasteiger partial charge is 0.251 e. The van der Waals surface area contributed by atoms with Gasteiger partial charge >= 0.3 is 0 Å². The van der Waals surface area contributed by atoms with Crippen LogP contribution >= 0.6 is 11.6 Å². The van der Waals surface area contributed by atoms with Crippen LogP contribution in [0.4, 0.5) is 0 Å². The summed E-state index contributed by atoms with van der Waals surface area (Å²) in [6.07, 6.45) is 1.70. The quantitative estimate of drug-likeness (QED) is 0.385. The maximum atomic E-state index is 12.5. The number of pyridine rings is 1. The van der Waals surface area contributed by atoms with Gasteiger partial charge in [0, 0.05) is 41.4 Å². The molecular formula is C24H23ClN4O3. The highest BCUT2D eigenvalue weighted by Gasteiger charge is 2.14. The summed E-state index contributed by atoms with van der Waals surface area (Å²) < 4.78 is 11.2. The number of hydrogen-bond donors (Lipinski definition) is 2. The van der Waals surface area contributed by atoms with E-state index in [2.05, 4.69) is 20.5 Å². The molecule has 0 radical (unpaired) electrons. The SMILES string of the molecule is COCCNC(=O)c1cccc(-c2cc(Cl)c(C)cc2OCc2[nH]nc3ncccc23)c1. The fourth-order valence-electron chi connectivity index (χ4n) is 3.36. The molecule has 164 valence electrons. The minimum atomic E-state index is -0.166. The summed E-state index contributed by atoms with van der Waals surface area (Å²) >= 11 is 6.43. The lowest BCUT2D eigenvalue weighted by atomic mass is 10.0. The van der Waals surface area contributed by atoms with Gasteiger partial charge in [0.1, 0.15) is 12.4 Å². The molecule has 0 saturated heterocycles. The lowest BCUT2D eigenvalue weighted by Gasteiger charge is -2.14. The van der Waals surface area contributed by atoms with Crippen LogP contribution in [-0.4, -0.2) is 41.3 Å². The minimum Gasteiger partial charge on any atom is -0.487 e. The van der Waals surface area contributed by atoms with Crippen LogP contribution in [0.5, 0.6) is 5.75 Å². The van der Waals surface area contributed by atoms with E-state index in [4.69, 9.17) is 21.1 Å². The van der Waals surface area contributed by atoms with Crippen LogP contribution in [0.1, 0.15) is 21.6 Å². The first-order valence-corrected chi connectivity index (χ1v) is 10.5. The highest BCUT2D eigenvalue weighted by molar-refractivity contribution is 6.31. The van der Waals surface area contributed by atoms with E-state index in [-0.39, 0.29) is 12.5 Å². The predicted molar refractivity (Wildman–Crippen MR) is 124 cm³/mol. The Labute approximate surface area is 190 Å². The van der Waals surface area contributed by atoms with Crippen molar-refractivity contribution in [3.63, 3.8) is 0 Å². The number of hydrogen-bond acceptors (Lipinski definition) is 5. The van der Waals surface area contributed by atoms with Crippen molar-refractivity contribution in [1.29, 1.82) is 0 Å². The number of methoxy groups -OCH3 is 1. The topological polar surface area (TPSA) is 89.1 Å². The van der Waals surface area contributed by atoms with E-state index in [0.717, 1.165) is 27.8 Å². The molecule has 0 fully saturated rings. The third-order valence-corrected chi connectivity index (χ3v) is 5.48. The summed E-state index contributed by atoms with van der Waals surface area (Å²) in [4.78, 5) is 16.7.